The third kappa shape index (κ3) is 3.67. The molecule has 2 aromatic carbocycles. The first kappa shape index (κ1) is 17.8. The van der Waals surface area contributed by atoms with Crippen LogP contribution in [-0.2, 0) is 4.79 Å². The van der Waals surface area contributed by atoms with Crippen LogP contribution in [0.2, 0.25) is 0 Å². The van der Waals surface area contributed by atoms with E-state index in [0.29, 0.717) is 18.5 Å². The van der Waals surface area contributed by atoms with Gasteiger partial charge >= 0.3 is 0 Å². The van der Waals surface area contributed by atoms with Gasteiger partial charge in [-0.15, -0.1) is 0 Å². The van der Waals surface area contributed by atoms with Gasteiger partial charge in [0.25, 0.3) is 11.6 Å². The first-order valence-electron chi connectivity index (χ1n) is 6.88. The van der Waals surface area contributed by atoms with Crippen molar-refractivity contribution in [3.63, 3.8) is 0 Å². The van der Waals surface area contributed by atoms with E-state index in [-0.39, 0.29) is 17.3 Å². The summed E-state index contributed by atoms with van der Waals surface area (Å²) in [6.45, 7) is 0. The molecular formula is C16H9IN2O4S2. The number of hydrogen-bond donors (Lipinski definition) is 1. The minimum Gasteiger partial charge on any atom is -0.507 e. The number of aromatic hydroxyl groups is 1. The quantitative estimate of drug-likeness (QED) is 0.230. The number of phenols is 1. The van der Waals surface area contributed by atoms with Crippen molar-refractivity contribution < 1.29 is 14.8 Å². The Morgan fingerprint density at radius 1 is 1.28 bits per heavy atom. The lowest BCUT2D eigenvalue weighted by Gasteiger charge is -2.13. The predicted molar refractivity (Wildman–Crippen MR) is 110 cm³/mol. The Morgan fingerprint density at radius 2 is 2.04 bits per heavy atom. The number of carbonyl (C=O) groups is 1. The number of thiocarbonyl (C=S) groups is 1. The molecule has 1 amide bonds. The lowest BCUT2D eigenvalue weighted by molar-refractivity contribution is -0.384. The number of thioether (sulfide) groups is 1. The summed E-state index contributed by atoms with van der Waals surface area (Å²) < 4.78 is 0.978. The molecule has 1 aliphatic rings. The molecule has 2 aromatic rings. The molecule has 3 rings (SSSR count). The highest BCUT2D eigenvalue weighted by molar-refractivity contribution is 14.1. The number of amides is 1. The number of benzene rings is 2. The van der Waals surface area contributed by atoms with Crippen LogP contribution in [0.15, 0.2) is 47.4 Å². The maximum Gasteiger partial charge on any atom is 0.271 e. The second-order valence-corrected chi connectivity index (χ2v) is 7.84. The van der Waals surface area contributed by atoms with E-state index in [4.69, 9.17) is 12.2 Å². The number of nitro groups is 1. The molecular weight excluding hydrogens is 475 g/mol. The molecule has 1 fully saturated rings. The van der Waals surface area contributed by atoms with Crippen molar-refractivity contribution in [2.24, 2.45) is 0 Å². The molecule has 0 unspecified atom stereocenters. The summed E-state index contributed by atoms with van der Waals surface area (Å²) in [6.07, 6.45) is 1.68. The van der Waals surface area contributed by atoms with Gasteiger partial charge in [-0.1, -0.05) is 36.1 Å². The molecule has 1 heterocycles. The molecule has 126 valence electrons. The molecule has 0 bridgehead atoms. The Hall–Kier alpha value is -1.98. The fraction of sp³-hybridized carbons (Fsp3) is 0. The third-order valence-corrected chi connectivity index (χ3v) is 5.53. The number of nitrogens with zero attached hydrogens (tertiary/aromatic N) is 2. The summed E-state index contributed by atoms with van der Waals surface area (Å²) >= 11 is 8.39. The summed E-state index contributed by atoms with van der Waals surface area (Å²) in [5.41, 5.74) is 1.01. The predicted octanol–water partition coefficient (Wildman–Crippen LogP) is 4.31. The maximum atomic E-state index is 12.7. The van der Waals surface area contributed by atoms with Crippen molar-refractivity contribution in [1.82, 2.24) is 0 Å². The lowest BCUT2D eigenvalue weighted by Crippen LogP contribution is -2.27. The second kappa shape index (κ2) is 7.10. The van der Waals surface area contributed by atoms with Crippen LogP contribution in [0.3, 0.4) is 0 Å². The average molecular weight is 484 g/mol. The maximum absolute atomic E-state index is 12.7. The van der Waals surface area contributed by atoms with E-state index in [9.17, 15) is 20.0 Å². The molecule has 0 atom stereocenters. The Kier molecular flexibility index (Phi) is 5.06. The van der Waals surface area contributed by atoms with Crippen LogP contribution in [0.4, 0.5) is 11.4 Å². The zero-order valence-corrected chi connectivity index (χ0v) is 16.2. The number of carbonyl (C=O) groups excluding carboxylic acids is 1. The number of rotatable bonds is 3. The van der Waals surface area contributed by atoms with Gasteiger partial charge in [0.05, 0.1) is 19.1 Å². The van der Waals surface area contributed by atoms with Crippen LogP contribution < -0.4 is 4.90 Å². The minimum absolute atomic E-state index is 0.108. The van der Waals surface area contributed by atoms with Gasteiger partial charge in [-0.3, -0.25) is 19.8 Å². The molecule has 1 aliphatic heterocycles. The summed E-state index contributed by atoms with van der Waals surface area (Å²) in [4.78, 5) is 24.8. The van der Waals surface area contributed by atoms with E-state index < -0.39 is 4.92 Å². The summed E-state index contributed by atoms with van der Waals surface area (Å²) in [5.74, 6) is -0.166. The van der Waals surface area contributed by atoms with Gasteiger partial charge in [-0.2, -0.15) is 0 Å². The molecule has 9 heteroatoms. The van der Waals surface area contributed by atoms with Crippen molar-refractivity contribution in [2.45, 2.75) is 0 Å². The van der Waals surface area contributed by atoms with E-state index in [1.165, 1.54) is 23.1 Å². The Balaban J connectivity index is 1.94. The van der Waals surface area contributed by atoms with E-state index in [0.717, 1.165) is 17.3 Å². The van der Waals surface area contributed by atoms with E-state index in [1.807, 2.05) is 22.6 Å². The summed E-state index contributed by atoms with van der Waals surface area (Å²) in [6, 6.07) is 10.8. The minimum atomic E-state index is -0.518. The molecule has 6 nitrogen and oxygen atoms in total. The summed E-state index contributed by atoms with van der Waals surface area (Å²) in [7, 11) is 0. The van der Waals surface area contributed by atoms with Gasteiger partial charge in [-0.25, -0.2) is 0 Å². The Morgan fingerprint density at radius 3 is 2.72 bits per heavy atom. The zero-order chi connectivity index (χ0) is 18.1. The first-order chi connectivity index (χ1) is 11.9. The van der Waals surface area contributed by atoms with Crippen molar-refractivity contribution in [2.75, 3.05) is 4.90 Å². The second-order valence-electron chi connectivity index (χ2n) is 5.00. The smallest absolute Gasteiger partial charge is 0.271 e. The molecule has 0 aromatic heterocycles. The molecule has 0 aliphatic carbocycles. The molecule has 0 spiro atoms. The van der Waals surface area contributed by atoms with E-state index in [1.54, 1.807) is 30.3 Å². The number of halogens is 1. The van der Waals surface area contributed by atoms with Crippen molar-refractivity contribution in [3.05, 3.63) is 66.6 Å². The highest BCUT2D eigenvalue weighted by atomic mass is 127. The number of phenolic OH excluding ortho intramolecular Hbond substituents is 1. The molecule has 1 N–H and O–H groups in total. The fourth-order valence-electron chi connectivity index (χ4n) is 2.20. The Bertz CT molecular complexity index is 945. The fourth-order valence-corrected chi connectivity index (χ4v) is 4.04. The Labute approximate surface area is 165 Å². The van der Waals surface area contributed by atoms with Crippen LogP contribution in [-0.4, -0.2) is 20.3 Å². The largest absolute Gasteiger partial charge is 0.507 e. The highest BCUT2D eigenvalue weighted by Gasteiger charge is 2.33. The van der Waals surface area contributed by atoms with Crippen LogP contribution >= 0.6 is 46.6 Å². The molecule has 0 saturated carbocycles. The van der Waals surface area contributed by atoms with E-state index in [2.05, 4.69) is 0 Å². The van der Waals surface area contributed by atoms with Crippen LogP contribution in [0, 0.1) is 13.7 Å². The standard InChI is InChI=1S/C16H9IN2O4S2/c17-12-6-9(4-5-13(12)20)7-14-15(21)18(16(24)25-14)10-2-1-3-11(8-10)19(22)23/h1-8,20H. The van der Waals surface area contributed by atoms with Gasteiger partial charge in [0.2, 0.25) is 0 Å². The SMILES string of the molecule is O=C1C(=Cc2ccc(O)c(I)c2)SC(=S)N1c1cccc([N+](=O)[O-])c1. The number of hydrogen-bond acceptors (Lipinski definition) is 6. The number of non-ortho nitro benzene ring substituents is 1. The number of nitro benzene ring substituents is 1. The van der Waals surface area contributed by atoms with Crippen LogP contribution in [0.1, 0.15) is 5.56 Å². The molecule has 1 saturated heterocycles. The highest BCUT2D eigenvalue weighted by Crippen LogP contribution is 2.37. The third-order valence-electron chi connectivity index (χ3n) is 3.36. The normalized spacial score (nSPS) is 15.9. The van der Waals surface area contributed by atoms with Crippen molar-refractivity contribution in [1.29, 1.82) is 0 Å². The van der Waals surface area contributed by atoms with Crippen molar-refractivity contribution >= 4 is 74.2 Å². The summed E-state index contributed by atoms with van der Waals surface area (Å²) in [5, 5.41) is 20.5. The lowest BCUT2D eigenvalue weighted by atomic mass is 10.2. The van der Waals surface area contributed by atoms with Gasteiger partial charge in [0, 0.05) is 12.1 Å². The van der Waals surface area contributed by atoms with Gasteiger partial charge in [0.15, 0.2) is 4.32 Å². The van der Waals surface area contributed by atoms with Crippen LogP contribution in [0.5, 0.6) is 5.75 Å². The van der Waals surface area contributed by atoms with Crippen LogP contribution in [0.25, 0.3) is 6.08 Å². The first-order valence-corrected chi connectivity index (χ1v) is 9.18. The zero-order valence-electron chi connectivity index (χ0n) is 12.4. The van der Waals surface area contributed by atoms with E-state index >= 15 is 0 Å². The van der Waals surface area contributed by atoms with Gasteiger partial charge < -0.3 is 5.11 Å². The average Bonchev–Trinajstić information content (AvgIpc) is 2.85. The van der Waals surface area contributed by atoms with Gasteiger partial charge in [0.1, 0.15) is 5.75 Å². The number of anilines is 1. The van der Waals surface area contributed by atoms with Crippen molar-refractivity contribution in [3.8, 4) is 5.75 Å². The molecule has 25 heavy (non-hydrogen) atoms. The van der Waals surface area contributed by atoms with Gasteiger partial charge in [-0.05, 0) is 52.4 Å². The monoisotopic (exact) mass is 484 g/mol. The topological polar surface area (TPSA) is 83.7 Å². The molecule has 0 radical (unpaired) electrons.